The quantitative estimate of drug-likeness (QED) is 0.213. The van der Waals surface area contributed by atoms with Crippen molar-refractivity contribution < 1.29 is 49.4 Å². The summed E-state index contributed by atoms with van der Waals surface area (Å²) in [6.07, 6.45) is -1.55. The van der Waals surface area contributed by atoms with Gasteiger partial charge in [0.05, 0.1) is 46.1 Å². The van der Waals surface area contributed by atoms with Crippen molar-refractivity contribution in [3.05, 3.63) is 0 Å². The van der Waals surface area contributed by atoms with Crippen LogP contribution in [-0.4, -0.2) is 174 Å². The molecule has 0 aromatic heterocycles. The van der Waals surface area contributed by atoms with Crippen LogP contribution < -0.4 is 0 Å². The number of aliphatic hydroxyl groups is 2. The van der Waals surface area contributed by atoms with E-state index in [-0.39, 0.29) is 52.6 Å². The molecule has 0 unspecified atom stereocenters. The molecular formula is C20H38N4O10. The van der Waals surface area contributed by atoms with Crippen molar-refractivity contribution in [2.75, 3.05) is 105 Å². The number of aliphatic carboxylic acids is 3. The molecule has 0 aromatic carbocycles. The average Bonchev–Trinajstić information content (AvgIpc) is 2.72. The predicted octanol–water partition coefficient (Wildman–Crippen LogP) is -3.19. The van der Waals surface area contributed by atoms with Gasteiger partial charge in [0.15, 0.2) is 6.29 Å². The molecule has 34 heavy (non-hydrogen) atoms. The van der Waals surface area contributed by atoms with Crippen molar-refractivity contribution in [1.82, 2.24) is 19.6 Å². The van der Waals surface area contributed by atoms with Crippen LogP contribution in [0, 0.1) is 0 Å². The van der Waals surface area contributed by atoms with Crippen molar-refractivity contribution in [3.8, 4) is 0 Å². The van der Waals surface area contributed by atoms with Gasteiger partial charge in [0.2, 0.25) is 0 Å². The molecule has 0 bridgehead atoms. The van der Waals surface area contributed by atoms with Crippen LogP contribution in [0.2, 0.25) is 0 Å². The van der Waals surface area contributed by atoms with E-state index in [0.717, 1.165) is 0 Å². The summed E-state index contributed by atoms with van der Waals surface area (Å²) in [6, 6.07) is 0. The smallest absolute Gasteiger partial charge is 0.317 e. The molecule has 1 saturated heterocycles. The van der Waals surface area contributed by atoms with E-state index in [4.69, 9.17) is 24.8 Å². The zero-order valence-electron chi connectivity index (χ0n) is 19.5. The number of carbonyl (C=O) groups is 3. The minimum absolute atomic E-state index is 0.0225. The van der Waals surface area contributed by atoms with Gasteiger partial charge in [-0.05, 0) is 0 Å². The Morgan fingerprint density at radius 1 is 0.559 bits per heavy atom. The van der Waals surface area contributed by atoms with Crippen LogP contribution >= 0.6 is 0 Å². The molecule has 198 valence electrons. The molecule has 0 atom stereocenters. The van der Waals surface area contributed by atoms with Crippen LogP contribution in [0.4, 0.5) is 0 Å². The van der Waals surface area contributed by atoms with E-state index in [1.54, 1.807) is 19.6 Å². The van der Waals surface area contributed by atoms with Gasteiger partial charge >= 0.3 is 17.9 Å². The van der Waals surface area contributed by atoms with Crippen molar-refractivity contribution in [3.63, 3.8) is 0 Å². The molecule has 0 aliphatic carbocycles. The third kappa shape index (κ3) is 15.8. The van der Waals surface area contributed by atoms with Crippen LogP contribution in [0.3, 0.4) is 0 Å². The number of aliphatic hydroxyl groups excluding tert-OH is 1. The van der Waals surface area contributed by atoms with Gasteiger partial charge in [-0.3, -0.25) is 34.0 Å². The van der Waals surface area contributed by atoms with Crippen LogP contribution in [-0.2, 0) is 23.9 Å². The Hall–Kier alpha value is -1.91. The Kier molecular flexibility index (Phi) is 15.5. The fourth-order valence-electron chi connectivity index (χ4n) is 3.45. The van der Waals surface area contributed by atoms with E-state index in [2.05, 4.69) is 0 Å². The highest BCUT2D eigenvalue weighted by Crippen LogP contribution is 1.99. The van der Waals surface area contributed by atoms with Gasteiger partial charge in [-0.25, -0.2) is 0 Å². The summed E-state index contributed by atoms with van der Waals surface area (Å²) in [5.41, 5.74) is 0. The molecule has 1 aliphatic rings. The molecular weight excluding hydrogens is 456 g/mol. The number of carboxylic acid groups (broad SMARTS) is 3. The number of hydrogen-bond acceptors (Lipinski definition) is 11. The van der Waals surface area contributed by atoms with E-state index in [1.807, 2.05) is 0 Å². The van der Waals surface area contributed by atoms with Crippen molar-refractivity contribution in [2.45, 2.75) is 6.29 Å². The van der Waals surface area contributed by atoms with Gasteiger partial charge in [0.1, 0.15) is 0 Å². The lowest BCUT2D eigenvalue weighted by Gasteiger charge is -2.28. The zero-order valence-corrected chi connectivity index (χ0v) is 19.5. The average molecular weight is 495 g/mol. The summed E-state index contributed by atoms with van der Waals surface area (Å²) in [4.78, 5) is 40.3. The number of nitrogens with zero attached hydrogens (tertiary/aromatic N) is 4. The first-order valence-corrected chi connectivity index (χ1v) is 11.2. The molecule has 14 heteroatoms. The first-order valence-electron chi connectivity index (χ1n) is 11.2. The third-order valence-corrected chi connectivity index (χ3v) is 5.17. The van der Waals surface area contributed by atoms with E-state index < -0.39 is 24.2 Å². The number of hydrogen-bond donors (Lipinski definition) is 5. The molecule has 1 aliphatic heterocycles. The fourth-order valence-corrected chi connectivity index (χ4v) is 3.45. The molecule has 14 nitrogen and oxygen atoms in total. The largest absolute Gasteiger partial charge is 0.480 e. The molecule has 0 spiro atoms. The third-order valence-electron chi connectivity index (χ3n) is 5.17. The normalized spacial score (nSPS) is 20.6. The van der Waals surface area contributed by atoms with Gasteiger partial charge in [-0.15, -0.1) is 0 Å². The van der Waals surface area contributed by atoms with Crippen molar-refractivity contribution in [1.29, 1.82) is 0 Å². The maximum absolute atomic E-state index is 11.2. The van der Waals surface area contributed by atoms with Crippen molar-refractivity contribution in [2.24, 2.45) is 0 Å². The summed E-state index contributed by atoms with van der Waals surface area (Å²) >= 11 is 0. The number of carboxylic acids is 3. The van der Waals surface area contributed by atoms with Crippen LogP contribution in [0.1, 0.15) is 0 Å². The van der Waals surface area contributed by atoms with Gasteiger partial charge < -0.3 is 35.0 Å². The predicted molar refractivity (Wildman–Crippen MR) is 119 cm³/mol. The number of rotatable bonds is 8. The van der Waals surface area contributed by atoms with Gasteiger partial charge in [-0.2, -0.15) is 0 Å². The highest BCUT2D eigenvalue weighted by molar-refractivity contribution is 5.69. The summed E-state index contributed by atoms with van der Waals surface area (Å²) in [5, 5.41) is 46.2. The second-order valence-electron chi connectivity index (χ2n) is 8.02. The highest BCUT2D eigenvalue weighted by atomic mass is 16.5. The number of β-amino-alcohol motifs (C(OH)–C–C–N with tert-alkyl or cyclic N) is 2. The molecule has 5 N–H and O–H groups in total. The lowest BCUT2D eigenvalue weighted by molar-refractivity contribution is -0.140. The van der Waals surface area contributed by atoms with E-state index in [9.17, 15) is 24.6 Å². The maximum Gasteiger partial charge on any atom is 0.317 e. The molecule has 1 heterocycles. The summed E-state index contributed by atoms with van der Waals surface area (Å²) < 4.78 is 11.2. The Bertz CT molecular complexity index is 610. The van der Waals surface area contributed by atoms with E-state index in [0.29, 0.717) is 52.4 Å². The topological polar surface area (TPSA) is 184 Å². The number of ether oxygens (including phenoxy) is 2. The minimum Gasteiger partial charge on any atom is -0.480 e. The monoisotopic (exact) mass is 494 g/mol. The van der Waals surface area contributed by atoms with Crippen LogP contribution in [0.5, 0.6) is 0 Å². The van der Waals surface area contributed by atoms with Gasteiger partial charge in [0.25, 0.3) is 0 Å². The second kappa shape index (κ2) is 17.5. The first-order chi connectivity index (χ1) is 16.2. The Morgan fingerprint density at radius 2 is 0.853 bits per heavy atom. The Morgan fingerprint density at radius 3 is 1.15 bits per heavy atom. The van der Waals surface area contributed by atoms with E-state index in [1.165, 1.54) is 0 Å². The molecule has 0 amide bonds. The zero-order chi connectivity index (χ0) is 25.3. The summed E-state index contributed by atoms with van der Waals surface area (Å²) in [6.45, 7) is 3.13. The lowest BCUT2D eigenvalue weighted by Crippen LogP contribution is -2.44. The summed E-state index contributed by atoms with van der Waals surface area (Å²) in [5.74, 6) is -2.98. The minimum atomic E-state index is -1.55. The molecule has 0 radical (unpaired) electrons. The molecule has 1 rings (SSSR count). The molecule has 1 fully saturated rings. The van der Waals surface area contributed by atoms with E-state index >= 15 is 0 Å². The van der Waals surface area contributed by atoms with Gasteiger partial charge in [0, 0.05) is 58.9 Å². The maximum atomic E-state index is 11.2. The summed E-state index contributed by atoms with van der Waals surface area (Å²) in [7, 11) is 0. The standard InChI is InChI=1S/C20H38N4O10/c25-17(26)13-21-1-2-22(14-18(27)28)6-10-34-12-8-24(16-20(31)32)4-3-23(15-19(29)30)7-11-33-9-5-21/h17,25-26H,1-16H2,(H,27,28)(H,29,30)(H,31,32). The van der Waals surface area contributed by atoms with Gasteiger partial charge in [-0.1, -0.05) is 0 Å². The van der Waals surface area contributed by atoms with Crippen LogP contribution in [0.15, 0.2) is 0 Å². The first kappa shape index (κ1) is 30.1. The highest BCUT2D eigenvalue weighted by Gasteiger charge is 2.17. The van der Waals surface area contributed by atoms with Crippen LogP contribution in [0.25, 0.3) is 0 Å². The fraction of sp³-hybridized carbons (Fsp3) is 0.850. The van der Waals surface area contributed by atoms with Crippen molar-refractivity contribution >= 4 is 17.9 Å². The lowest BCUT2D eigenvalue weighted by atomic mass is 10.3. The molecule has 0 saturated carbocycles. The molecule has 0 aromatic rings. The Labute approximate surface area is 198 Å². The second-order valence-corrected chi connectivity index (χ2v) is 8.02. The SMILES string of the molecule is O=C(O)CN1CCOCCN(CC(=O)O)CCN(CC(O)O)CCOCCN(CC(=O)O)CC1. The Balaban J connectivity index is 2.81.